The highest BCUT2D eigenvalue weighted by Gasteiger charge is 2.48. The Morgan fingerprint density at radius 3 is 2.86 bits per heavy atom. The summed E-state index contributed by atoms with van der Waals surface area (Å²) in [5.74, 6) is -0.792. The molecule has 1 aliphatic heterocycles. The second kappa shape index (κ2) is 5.33. The Kier molecular flexibility index (Phi) is 3.51. The van der Waals surface area contributed by atoms with Gasteiger partial charge in [-0.1, -0.05) is 18.2 Å². The molecule has 1 aromatic carbocycles. The lowest BCUT2D eigenvalue weighted by Crippen LogP contribution is -2.39. The number of rotatable bonds is 4. The fourth-order valence-electron chi connectivity index (χ4n) is 2.91. The lowest BCUT2D eigenvalue weighted by molar-refractivity contribution is -0.151. The van der Waals surface area contributed by atoms with Crippen LogP contribution in [-0.4, -0.2) is 33.6 Å². The van der Waals surface area contributed by atoms with Crippen molar-refractivity contribution < 1.29 is 14.6 Å². The highest BCUT2D eigenvalue weighted by Crippen LogP contribution is 2.38. The smallest absolute Gasteiger partial charge is 0.312 e. The van der Waals surface area contributed by atoms with Gasteiger partial charge in [-0.05, 0) is 37.5 Å². The molecule has 3 rings (SSSR count). The minimum absolute atomic E-state index is 0.282. The summed E-state index contributed by atoms with van der Waals surface area (Å²) in [6.45, 7) is 2.34. The summed E-state index contributed by atoms with van der Waals surface area (Å²) in [5.41, 5.74) is 1.03. The molecule has 2 unspecified atom stereocenters. The van der Waals surface area contributed by atoms with Gasteiger partial charge in [0.25, 0.3) is 0 Å². The van der Waals surface area contributed by atoms with Crippen LogP contribution in [0.4, 0.5) is 0 Å². The Bertz CT molecular complexity index is 638. The standard InChI is InChI=1S/C16H18N2O3/c1-12-16(15(19)20,7-8-21-12)9-13-10-17-18(11-13)14-5-3-2-4-6-14/h2-6,10-12H,7-9H2,1H3,(H,19,20). The van der Waals surface area contributed by atoms with Crippen LogP contribution in [0.3, 0.4) is 0 Å². The molecule has 1 fully saturated rings. The summed E-state index contributed by atoms with van der Waals surface area (Å²) >= 11 is 0. The van der Waals surface area contributed by atoms with Crippen molar-refractivity contribution in [3.05, 3.63) is 48.3 Å². The highest BCUT2D eigenvalue weighted by molar-refractivity contribution is 5.76. The average molecular weight is 286 g/mol. The number of aliphatic carboxylic acids is 1. The van der Waals surface area contributed by atoms with Gasteiger partial charge in [-0.15, -0.1) is 0 Å². The molecule has 1 N–H and O–H groups in total. The Labute approximate surface area is 123 Å². The average Bonchev–Trinajstić information content (AvgIpc) is 3.09. The monoisotopic (exact) mass is 286 g/mol. The van der Waals surface area contributed by atoms with Gasteiger partial charge in [-0.25, -0.2) is 4.68 Å². The van der Waals surface area contributed by atoms with Crippen LogP contribution in [0.25, 0.3) is 5.69 Å². The third-order valence-electron chi connectivity index (χ3n) is 4.30. The van der Waals surface area contributed by atoms with Gasteiger partial charge in [0.2, 0.25) is 0 Å². The number of para-hydroxylation sites is 1. The number of benzene rings is 1. The molecule has 1 saturated heterocycles. The van der Waals surface area contributed by atoms with E-state index in [9.17, 15) is 9.90 Å². The van der Waals surface area contributed by atoms with Gasteiger partial charge in [0.15, 0.2) is 0 Å². The molecular weight excluding hydrogens is 268 g/mol. The maximum absolute atomic E-state index is 11.7. The van der Waals surface area contributed by atoms with Crippen molar-refractivity contribution in [3.63, 3.8) is 0 Å². The first-order chi connectivity index (χ1) is 10.1. The van der Waals surface area contributed by atoms with E-state index in [4.69, 9.17) is 4.74 Å². The minimum atomic E-state index is -0.843. The quantitative estimate of drug-likeness (QED) is 0.936. The summed E-state index contributed by atoms with van der Waals surface area (Å²) in [7, 11) is 0. The van der Waals surface area contributed by atoms with Crippen molar-refractivity contribution in [2.24, 2.45) is 5.41 Å². The minimum Gasteiger partial charge on any atom is -0.481 e. The van der Waals surface area contributed by atoms with Crippen molar-refractivity contribution in [1.82, 2.24) is 9.78 Å². The molecule has 1 aromatic heterocycles. The first-order valence-electron chi connectivity index (χ1n) is 7.06. The van der Waals surface area contributed by atoms with Crippen molar-refractivity contribution in [2.75, 3.05) is 6.61 Å². The van der Waals surface area contributed by atoms with E-state index in [2.05, 4.69) is 5.10 Å². The van der Waals surface area contributed by atoms with Crippen LogP contribution in [0.5, 0.6) is 0 Å². The van der Waals surface area contributed by atoms with Gasteiger partial charge in [0.1, 0.15) is 0 Å². The Morgan fingerprint density at radius 1 is 1.48 bits per heavy atom. The van der Waals surface area contributed by atoms with E-state index in [1.807, 2.05) is 43.5 Å². The lowest BCUT2D eigenvalue weighted by atomic mass is 9.77. The van der Waals surface area contributed by atoms with Gasteiger partial charge in [-0.2, -0.15) is 5.10 Å². The molecule has 110 valence electrons. The molecule has 0 aliphatic carbocycles. The SMILES string of the molecule is CC1OCCC1(Cc1cnn(-c2ccccc2)c1)C(=O)O. The molecule has 2 heterocycles. The van der Waals surface area contributed by atoms with Crippen molar-refractivity contribution in [2.45, 2.75) is 25.9 Å². The van der Waals surface area contributed by atoms with E-state index in [0.717, 1.165) is 11.3 Å². The van der Waals surface area contributed by atoms with Crippen LogP contribution >= 0.6 is 0 Å². The van der Waals surface area contributed by atoms with Crippen molar-refractivity contribution >= 4 is 5.97 Å². The van der Waals surface area contributed by atoms with Crippen LogP contribution in [0.1, 0.15) is 18.9 Å². The summed E-state index contributed by atoms with van der Waals surface area (Å²) < 4.78 is 7.25. The number of aromatic nitrogens is 2. The van der Waals surface area contributed by atoms with Gasteiger partial charge < -0.3 is 9.84 Å². The Balaban J connectivity index is 1.85. The second-order valence-electron chi connectivity index (χ2n) is 5.53. The number of carboxylic acids is 1. The lowest BCUT2D eigenvalue weighted by Gasteiger charge is -2.26. The van der Waals surface area contributed by atoms with E-state index >= 15 is 0 Å². The van der Waals surface area contributed by atoms with Gasteiger partial charge in [-0.3, -0.25) is 4.79 Å². The van der Waals surface area contributed by atoms with Crippen LogP contribution in [0.15, 0.2) is 42.7 Å². The van der Waals surface area contributed by atoms with Crippen molar-refractivity contribution in [3.8, 4) is 5.69 Å². The molecule has 1 aliphatic rings. The third-order valence-corrected chi connectivity index (χ3v) is 4.30. The molecule has 2 aromatic rings. The van der Waals surface area contributed by atoms with Crippen LogP contribution < -0.4 is 0 Å². The van der Waals surface area contributed by atoms with Crippen LogP contribution in [0, 0.1) is 5.41 Å². The highest BCUT2D eigenvalue weighted by atomic mass is 16.5. The Morgan fingerprint density at radius 2 is 2.24 bits per heavy atom. The zero-order valence-corrected chi connectivity index (χ0v) is 11.9. The van der Waals surface area contributed by atoms with Crippen molar-refractivity contribution in [1.29, 1.82) is 0 Å². The normalized spacial score (nSPS) is 25.1. The maximum Gasteiger partial charge on any atom is 0.312 e. The summed E-state index contributed by atoms with van der Waals surface area (Å²) in [6, 6.07) is 9.77. The van der Waals surface area contributed by atoms with Gasteiger partial charge in [0.05, 0.1) is 23.4 Å². The largest absolute Gasteiger partial charge is 0.481 e. The molecule has 0 spiro atoms. The molecule has 0 saturated carbocycles. The molecule has 5 nitrogen and oxygen atoms in total. The molecule has 2 atom stereocenters. The predicted octanol–water partition coefficient (Wildman–Crippen LogP) is 2.29. The molecule has 0 radical (unpaired) electrons. The summed E-state index contributed by atoms with van der Waals surface area (Å²) in [6.07, 6.45) is 4.33. The molecule has 0 bridgehead atoms. The van der Waals surface area contributed by atoms with E-state index in [0.29, 0.717) is 19.4 Å². The van der Waals surface area contributed by atoms with E-state index in [-0.39, 0.29) is 6.10 Å². The number of ether oxygens (including phenoxy) is 1. The third kappa shape index (κ3) is 2.45. The number of nitrogens with zero attached hydrogens (tertiary/aromatic N) is 2. The Hall–Kier alpha value is -2.14. The first kappa shape index (κ1) is 13.8. The topological polar surface area (TPSA) is 64.4 Å². The molecule has 21 heavy (non-hydrogen) atoms. The molecule has 5 heteroatoms. The van der Waals surface area contributed by atoms with Gasteiger partial charge in [0, 0.05) is 12.8 Å². The van der Waals surface area contributed by atoms with E-state index < -0.39 is 11.4 Å². The van der Waals surface area contributed by atoms with Crippen LogP contribution in [0.2, 0.25) is 0 Å². The number of carboxylic acid groups (broad SMARTS) is 1. The van der Waals surface area contributed by atoms with Crippen LogP contribution in [-0.2, 0) is 16.0 Å². The molecular formula is C16H18N2O3. The molecule has 0 amide bonds. The predicted molar refractivity (Wildman–Crippen MR) is 77.4 cm³/mol. The fraction of sp³-hybridized carbons (Fsp3) is 0.375. The fourth-order valence-corrected chi connectivity index (χ4v) is 2.91. The zero-order valence-electron chi connectivity index (χ0n) is 11.9. The number of hydrogen-bond acceptors (Lipinski definition) is 3. The summed E-state index contributed by atoms with van der Waals surface area (Å²) in [5, 5.41) is 13.9. The maximum atomic E-state index is 11.7. The van der Waals surface area contributed by atoms with Gasteiger partial charge >= 0.3 is 5.97 Å². The van der Waals surface area contributed by atoms with E-state index in [1.165, 1.54) is 0 Å². The first-order valence-corrected chi connectivity index (χ1v) is 7.06. The second-order valence-corrected chi connectivity index (χ2v) is 5.53. The summed E-state index contributed by atoms with van der Waals surface area (Å²) in [4.78, 5) is 11.7. The zero-order chi connectivity index (χ0) is 14.9. The number of carbonyl (C=O) groups is 1. The number of hydrogen-bond donors (Lipinski definition) is 1. The van der Waals surface area contributed by atoms with E-state index in [1.54, 1.807) is 10.9 Å².